The smallest absolute Gasteiger partial charge is 0.137 e. The number of alkyl halides is 1. The van der Waals surface area contributed by atoms with Gasteiger partial charge in [0.05, 0.1) is 11.6 Å². The van der Waals surface area contributed by atoms with E-state index in [9.17, 15) is 5.11 Å². The molecule has 1 heterocycles. The Morgan fingerprint density at radius 1 is 1.03 bits per heavy atom. The zero-order chi connectivity index (χ0) is 23.8. The van der Waals surface area contributed by atoms with Gasteiger partial charge in [0.15, 0.2) is 0 Å². The summed E-state index contributed by atoms with van der Waals surface area (Å²) >= 11 is 14.3. The molecule has 33 heavy (non-hydrogen) atoms. The van der Waals surface area contributed by atoms with Gasteiger partial charge in [-0.2, -0.15) is 11.8 Å². The SMILES string of the molecule is CC(CCl)COc1ccc(C(C)(C)c2ccc(OCC(O)CN3CCSCC3)cc2)cc1Cl. The Balaban J connectivity index is 1.57. The first kappa shape index (κ1) is 26.5. The molecule has 3 rings (SSSR count). The van der Waals surface area contributed by atoms with Crippen LogP contribution in [0.3, 0.4) is 0 Å². The predicted molar refractivity (Wildman–Crippen MR) is 141 cm³/mol. The summed E-state index contributed by atoms with van der Waals surface area (Å²) in [4.78, 5) is 2.30. The molecule has 182 valence electrons. The second kappa shape index (κ2) is 12.6. The molecule has 0 amide bonds. The molecule has 2 aromatic carbocycles. The third-order valence-electron chi connectivity index (χ3n) is 6.03. The monoisotopic (exact) mass is 511 g/mol. The van der Waals surface area contributed by atoms with Crippen LogP contribution >= 0.6 is 35.0 Å². The Kier molecular flexibility index (Phi) is 10.1. The van der Waals surface area contributed by atoms with Crippen LogP contribution in [-0.4, -0.2) is 66.3 Å². The topological polar surface area (TPSA) is 41.9 Å². The molecular formula is C26H35Cl2NO3S. The third-order valence-corrected chi connectivity index (χ3v) is 7.80. The first-order valence-electron chi connectivity index (χ1n) is 11.5. The highest BCUT2D eigenvalue weighted by Gasteiger charge is 2.24. The maximum absolute atomic E-state index is 10.3. The largest absolute Gasteiger partial charge is 0.492 e. The lowest BCUT2D eigenvalue weighted by Crippen LogP contribution is -2.40. The van der Waals surface area contributed by atoms with Crippen molar-refractivity contribution >= 4 is 35.0 Å². The van der Waals surface area contributed by atoms with Crippen molar-refractivity contribution in [2.24, 2.45) is 5.92 Å². The number of hydrogen-bond acceptors (Lipinski definition) is 5. The lowest BCUT2D eigenvalue weighted by atomic mass is 9.78. The van der Waals surface area contributed by atoms with Gasteiger partial charge >= 0.3 is 0 Å². The van der Waals surface area contributed by atoms with Crippen LogP contribution in [0.2, 0.25) is 5.02 Å². The molecule has 1 fully saturated rings. The van der Waals surface area contributed by atoms with Crippen LogP contribution in [0.15, 0.2) is 42.5 Å². The standard InChI is InChI=1S/C26H35Cl2NO3S/c1-19(15-27)17-32-25-9-6-21(14-24(25)28)26(2,3)20-4-7-23(8-5-20)31-18-22(30)16-29-10-12-33-13-11-29/h4-9,14,19,22,30H,10-13,15-18H2,1-3H3. The van der Waals surface area contributed by atoms with Crippen molar-refractivity contribution in [3.63, 3.8) is 0 Å². The van der Waals surface area contributed by atoms with Gasteiger partial charge in [-0.1, -0.05) is 50.6 Å². The molecule has 0 bridgehead atoms. The number of thioether (sulfide) groups is 1. The van der Waals surface area contributed by atoms with Crippen molar-refractivity contribution in [2.75, 3.05) is 50.2 Å². The van der Waals surface area contributed by atoms with E-state index < -0.39 is 6.10 Å². The molecular weight excluding hydrogens is 477 g/mol. The molecule has 0 aliphatic carbocycles. The van der Waals surface area contributed by atoms with E-state index in [4.69, 9.17) is 32.7 Å². The highest BCUT2D eigenvalue weighted by molar-refractivity contribution is 7.99. The first-order chi connectivity index (χ1) is 15.8. The summed E-state index contributed by atoms with van der Waals surface area (Å²) in [6.45, 7) is 9.96. The van der Waals surface area contributed by atoms with Gasteiger partial charge in [-0.15, -0.1) is 11.6 Å². The second-order valence-electron chi connectivity index (χ2n) is 9.24. The molecule has 0 radical (unpaired) electrons. The number of nitrogens with zero attached hydrogens (tertiary/aromatic N) is 1. The number of benzene rings is 2. The highest BCUT2D eigenvalue weighted by Crippen LogP contribution is 2.36. The van der Waals surface area contributed by atoms with Gasteiger partial charge in [0.25, 0.3) is 0 Å². The second-order valence-corrected chi connectivity index (χ2v) is 11.2. The van der Waals surface area contributed by atoms with E-state index in [1.165, 1.54) is 0 Å². The fourth-order valence-corrected chi connectivity index (χ4v) is 5.05. The van der Waals surface area contributed by atoms with Crippen LogP contribution in [0.4, 0.5) is 0 Å². The van der Waals surface area contributed by atoms with E-state index in [2.05, 4.69) is 36.9 Å². The molecule has 0 spiro atoms. The minimum absolute atomic E-state index is 0.240. The molecule has 2 unspecified atom stereocenters. The molecule has 7 heteroatoms. The number of hydrogen-bond donors (Lipinski definition) is 1. The van der Waals surface area contributed by atoms with Crippen LogP contribution in [0.5, 0.6) is 11.5 Å². The van der Waals surface area contributed by atoms with Crippen molar-refractivity contribution < 1.29 is 14.6 Å². The van der Waals surface area contributed by atoms with Crippen LogP contribution in [0, 0.1) is 5.92 Å². The molecule has 1 N–H and O–H groups in total. The normalized spacial score (nSPS) is 16.9. The number of halogens is 2. The van der Waals surface area contributed by atoms with Crippen molar-refractivity contribution in [3.05, 3.63) is 58.6 Å². The number of rotatable bonds is 11. The van der Waals surface area contributed by atoms with E-state index in [-0.39, 0.29) is 11.3 Å². The maximum Gasteiger partial charge on any atom is 0.137 e. The Labute approximate surface area is 212 Å². The quantitative estimate of drug-likeness (QED) is 0.391. The summed E-state index contributed by atoms with van der Waals surface area (Å²) in [5, 5.41) is 10.9. The van der Waals surface area contributed by atoms with Crippen LogP contribution in [0.1, 0.15) is 31.9 Å². The van der Waals surface area contributed by atoms with Crippen molar-refractivity contribution in [1.82, 2.24) is 4.90 Å². The Morgan fingerprint density at radius 2 is 1.70 bits per heavy atom. The minimum Gasteiger partial charge on any atom is -0.492 e. The zero-order valence-corrected chi connectivity index (χ0v) is 22.1. The molecule has 1 aliphatic rings. The van der Waals surface area contributed by atoms with E-state index >= 15 is 0 Å². The highest BCUT2D eigenvalue weighted by atomic mass is 35.5. The lowest BCUT2D eigenvalue weighted by Gasteiger charge is -2.28. The van der Waals surface area contributed by atoms with Crippen molar-refractivity contribution in [1.29, 1.82) is 0 Å². The van der Waals surface area contributed by atoms with E-state index in [0.29, 0.717) is 36.4 Å². The first-order valence-corrected chi connectivity index (χ1v) is 13.6. The maximum atomic E-state index is 10.3. The van der Waals surface area contributed by atoms with Gasteiger partial charge in [0.1, 0.15) is 24.2 Å². The fourth-order valence-electron chi connectivity index (χ4n) is 3.74. The summed E-state index contributed by atoms with van der Waals surface area (Å²) < 4.78 is 11.7. The molecule has 2 aromatic rings. The molecule has 1 saturated heterocycles. The summed E-state index contributed by atoms with van der Waals surface area (Å²) in [6, 6.07) is 14.0. The predicted octanol–water partition coefficient (Wildman–Crippen LogP) is 5.71. The van der Waals surface area contributed by atoms with E-state index in [1.807, 2.05) is 43.0 Å². The fraction of sp³-hybridized carbons (Fsp3) is 0.538. The lowest BCUT2D eigenvalue weighted by molar-refractivity contribution is 0.0715. The van der Waals surface area contributed by atoms with Gasteiger partial charge in [-0.05, 0) is 35.4 Å². The minimum atomic E-state index is -0.487. The van der Waals surface area contributed by atoms with Crippen LogP contribution in [0.25, 0.3) is 0 Å². The average molecular weight is 513 g/mol. The summed E-state index contributed by atoms with van der Waals surface area (Å²) in [7, 11) is 0. The summed E-state index contributed by atoms with van der Waals surface area (Å²) in [6.07, 6.45) is -0.487. The third kappa shape index (κ3) is 7.69. The number of aliphatic hydroxyl groups is 1. The Bertz CT molecular complexity index is 872. The van der Waals surface area contributed by atoms with Gasteiger partial charge in [0.2, 0.25) is 0 Å². The molecule has 0 saturated carbocycles. The Morgan fingerprint density at radius 3 is 2.33 bits per heavy atom. The number of β-amino-alcohol motifs (C(OH)–C–C–N with tert-alkyl or cyclic N) is 1. The number of aliphatic hydroxyl groups excluding tert-OH is 1. The summed E-state index contributed by atoms with van der Waals surface area (Å²) in [5.41, 5.74) is 2.02. The van der Waals surface area contributed by atoms with Gasteiger partial charge in [-0.25, -0.2) is 0 Å². The molecule has 2 atom stereocenters. The number of ether oxygens (including phenoxy) is 2. The molecule has 4 nitrogen and oxygen atoms in total. The molecule has 0 aromatic heterocycles. The molecule has 1 aliphatic heterocycles. The Hall–Kier alpha value is -1.11. The zero-order valence-electron chi connectivity index (χ0n) is 19.7. The summed E-state index contributed by atoms with van der Waals surface area (Å²) in [5.74, 6) is 4.54. The van der Waals surface area contributed by atoms with Crippen LogP contribution < -0.4 is 9.47 Å². The van der Waals surface area contributed by atoms with Gasteiger partial charge in [0, 0.05) is 48.4 Å². The average Bonchev–Trinajstić information content (AvgIpc) is 2.82. The van der Waals surface area contributed by atoms with Crippen LogP contribution in [-0.2, 0) is 5.41 Å². The van der Waals surface area contributed by atoms with Crippen molar-refractivity contribution in [3.8, 4) is 11.5 Å². The van der Waals surface area contributed by atoms with Gasteiger partial charge < -0.3 is 14.6 Å². The van der Waals surface area contributed by atoms with E-state index in [1.54, 1.807) is 0 Å². The van der Waals surface area contributed by atoms with Crippen molar-refractivity contribution in [2.45, 2.75) is 32.3 Å². The van der Waals surface area contributed by atoms with Gasteiger partial charge in [-0.3, -0.25) is 4.90 Å². The van der Waals surface area contributed by atoms with E-state index in [0.717, 1.165) is 41.5 Å².